The Hall–Kier alpha value is -1.78. The average Bonchev–Trinajstić information content (AvgIpc) is 2.88. The maximum atomic E-state index is 12.7. The number of aryl methyl sites for hydroxylation is 1. The molecule has 2 rings (SSSR count). The summed E-state index contributed by atoms with van der Waals surface area (Å²) < 4.78 is 5.32. The van der Waals surface area contributed by atoms with Gasteiger partial charge in [0.2, 0.25) is 5.91 Å². The van der Waals surface area contributed by atoms with E-state index in [1.807, 2.05) is 6.92 Å². The number of furan rings is 1. The number of carbonyl (C=O) groups excluding carboxylic acids is 2. The number of rotatable bonds is 4. The first-order valence-corrected chi connectivity index (χ1v) is 7.19. The monoisotopic (exact) mass is 278 g/mol. The van der Waals surface area contributed by atoms with Gasteiger partial charge in [0.15, 0.2) is 0 Å². The van der Waals surface area contributed by atoms with Crippen LogP contribution in [0.15, 0.2) is 16.7 Å². The minimum absolute atomic E-state index is 0.0557. The van der Waals surface area contributed by atoms with Crippen LogP contribution in [0.25, 0.3) is 0 Å². The molecule has 0 spiro atoms. The lowest BCUT2D eigenvalue weighted by molar-refractivity contribution is -0.128. The van der Waals surface area contributed by atoms with Gasteiger partial charge < -0.3 is 14.6 Å². The number of hydrogen-bond acceptors (Lipinski definition) is 3. The Balaban J connectivity index is 2.23. The minimum atomic E-state index is -0.379. The zero-order chi connectivity index (χ0) is 14.7. The molecule has 110 valence electrons. The first-order chi connectivity index (χ1) is 9.54. The maximum absolute atomic E-state index is 12.7. The van der Waals surface area contributed by atoms with Crippen LogP contribution in [0.5, 0.6) is 0 Å². The highest BCUT2D eigenvalue weighted by molar-refractivity contribution is 5.98. The third-order valence-corrected chi connectivity index (χ3v) is 3.58. The number of amides is 2. The molecule has 0 aliphatic carbocycles. The van der Waals surface area contributed by atoms with Gasteiger partial charge >= 0.3 is 0 Å². The van der Waals surface area contributed by atoms with Crippen LogP contribution < -0.4 is 5.32 Å². The summed E-state index contributed by atoms with van der Waals surface area (Å²) in [6.07, 6.45) is 2.88. The van der Waals surface area contributed by atoms with Crippen LogP contribution in [0, 0.1) is 5.92 Å². The molecule has 5 heteroatoms. The summed E-state index contributed by atoms with van der Waals surface area (Å²) in [6.45, 7) is 7.12. The Kier molecular flexibility index (Phi) is 4.47. The van der Waals surface area contributed by atoms with Gasteiger partial charge in [-0.1, -0.05) is 20.8 Å². The molecule has 1 aliphatic heterocycles. The Bertz CT molecular complexity index is 493. The Morgan fingerprint density at radius 3 is 2.95 bits per heavy atom. The fourth-order valence-corrected chi connectivity index (χ4v) is 2.60. The van der Waals surface area contributed by atoms with E-state index < -0.39 is 0 Å². The SMILES string of the molecule is CCc1occc1C(=O)N1CCNC(=O)C1CC(C)C. The summed E-state index contributed by atoms with van der Waals surface area (Å²) in [5.41, 5.74) is 0.580. The third kappa shape index (κ3) is 2.86. The molecule has 1 N–H and O–H groups in total. The summed E-state index contributed by atoms with van der Waals surface area (Å²) in [4.78, 5) is 26.4. The van der Waals surface area contributed by atoms with Gasteiger partial charge in [-0.05, 0) is 18.4 Å². The molecular formula is C15H22N2O3. The first-order valence-electron chi connectivity index (χ1n) is 7.19. The number of carbonyl (C=O) groups is 2. The number of piperazine rings is 1. The van der Waals surface area contributed by atoms with E-state index in [-0.39, 0.29) is 17.9 Å². The standard InChI is InChI=1S/C15H22N2O3/c1-4-13-11(5-8-20-13)15(19)17-7-6-16-14(18)12(17)9-10(2)3/h5,8,10,12H,4,6-7,9H2,1-3H3,(H,16,18). The van der Waals surface area contributed by atoms with Crippen LogP contribution in [0.4, 0.5) is 0 Å². The molecule has 0 bridgehead atoms. The largest absolute Gasteiger partial charge is 0.469 e. The van der Waals surface area contributed by atoms with Crippen molar-refractivity contribution in [3.8, 4) is 0 Å². The van der Waals surface area contributed by atoms with Crippen molar-refractivity contribution >= 4 is 11.8 Å². The van der Waals surface area contributed by atoms with Crippen LogP contribution >= 0.6 is 0 Å². The zero-order valence-electron chi connectivity index (χ0n) is 12.3. The normalized spacial score (nSPS) is 19.3. The van der Waals surface area contributed by atoms with E-state index in [9.17, 15) is 9.59 Å². The molecular weight excluding hydrogens is 256 g/mol. The van der Waals surface area contributed by atoms with Crippen molar-refractivity contribution in [3.05, 3.63) is 23.7 Å². The van der Waals surface area contributed by atoms with E-state index in [1.165, 1.54) is 6.26 Å². The molecule has 0 saturated carbocycles. The van der Waals surface area contributed by atoms with Gasteiger partial charge in [0.25, 0.3) is 5.91 Å². The first kappa shape index (κ1) is 14.6. The van der Waals surface area contributed by atoms with Crippen molar-refractivity contribution < 1.29 is 14.0 Å². The lowest BCUT2D eigenvalue weighted by atomic mass is 9.99. The average molecular weight is 278 g/mol. The van der Waals surface area contributed by atoms with Gasteiger partial charge in [0, 0.05) is 19.5 Å². The van der Waals surface area contributed by atoms with Crippen LogP contribution in [0.1, 0.15) is 43.3 Å². The second-order valence-electron chi connectivity index (χ2n) is 5.55. The fraction of sp³-hybridized carbons (Fsp3) is 0.600. The second-order valence-corrected chi connectivity index (χ2v) is 5.55. The maximum Gasteiger partial charge on any atom is 0.258 e. The number of hydrogen-bond donors (Lipinski definition) is 1. The number of nitrogens with one attached hydrogen (secondary N) is 1. The van der Waals surface area contributed by atoms with E-state index in [4.69, 9.17) is 4.42 Å². The highest BCUT2D eigenvalue weighted by Gasteiger charge is 2.34. The summed E-state index contributed by atoms with van der Waals surface area (Å²) in [5, 5.41) is 2.84. The Morgan fingerprint density at radius 1 is 1.55 bits per heavy atom. The van der Waals surface area contributed by atoms with E-state index in [2.05, 4.69) is 19.2 Å². The Labute approximate surface area is 119 Å². The molecule has 0 radical (unpaired) electrons. The summed E-state index contributed by atoms with van der Waals surface area (Å²) in [6, 6.07) is 1.32. The van der Waals surface area contributed by atoms with Crippen molar-refractivity contribution in [2.75, 3.05) is 13.1 Å². The predicted molar refractivity (Wildman–Crippen MR) is 75.4 cm³/mol. The smallest absolute Gasteiger partial charge is 0.258 e. The zero-order valence-corrected chi connectivity index (χ0v) is 12.3. The van der Waals surface area contributed by atoms with Gasteiger partial charge in [0.1, 0.15) is 11.8 Å². The molecule has 1 aliphatic rings. The van der Waals surface area contributed by atoms with E-state index in [0.29, 0.717) is 43.2 Å². The van der Waals surface area contributed by atoms with Crippen molar-refractivity contribution in [3.63, 3.8) is 0 Å². The molecule has 1 aromatic rings. The molecule has 20 heavy (non-hydrogen) atoms. The third-order valence-electron chi connectivity index (χ3n) is 3.58. The van der Waals surface area contributed by atoms with Crippen molar-refractivity contribution in [2.24, 2.45) is 5.92 Å². The van der Waals surface area contributed by atoms with Crippen molar-refractivity contribution in [2.45, 2.75) is 39.7 Å². The summed E-state index contributed by atoms with van der Waals surface area (Å²) in [5.74, 6) is 0.884. The Morgan fingerprint density at radius 2 is 2.30 bits per heavy atom. The molecule has 2 heterocycles. The van der Waals surface area contributed by atoms with Crippen LogP contribution in [-0.4, -0.2) is 35.8 Å². The summed E-state index contributed by atoms with van der Waals surface area (Å²) >= 11 is 0. The van der Waals surface area contributed by atoms with Gasteiger partial charge in [0.05, 0.1) is 11.8 Å². The minimum Gasteiger partial charge on any atom is -0.469 e. The number of nitrogens with zero attached hydrogens (tertiary/aromatic N) is 1. The molecule has 0 aromatic carbocycles. The van der Waals surface area contributed by atoms with E-state index in [0.717, 1.165) is 0 Å². The lowest BCUT2D eigenvalue weighted by Crippen LogP contribution is -2.57. The second kappa shape index (κ2) is 6.11. The molecule has 5 nitrogen and oxygen atoms in total. The fourth-order valence-electron chi connectivity index (χ4n) is 2.60. The van der Waals surface area contributed by atoms with Crippen LogP contribution in [-0.2, 0) is 11.2 Å². The highest BCUT2D eigenvalue weighted by Crippen LogP contribution is 2.20. The van der Waals surface area contributed by atoms with Gasteiger partial charge in [-0.25, -0.2) is 0 Å². The van der Waals surface area contributed by atoms with Crippen LogP contribution in [0.2, 0.25) is 0 Å². The van der Waals surface area contributed by atoms with Crippen LogP contribution in [0.3, 0.4) is 0 Å². The lowest BCUT2D eigenvalue weighted by Gasteiger charge is -2.35. The quantitative estimate of drug-likeness (QED) is 0.914. The van der Waals surface area contributed by atoms with Gasteiger partial charge in [-0.15, -0.1) is 0 Å². The molecule has 1 aromatic heterocycles. The molecule has 1 unspecified atom stereocenters. The van der Waals surface area contributed by atoms with Crippen molar-refractivity contribution in [1.82, 2.24) is 10.2 Å². The topological polar surface area (TPSA) is 62.6 Å². The molecule has 2 amide bonds. The van der Waals surface area contributed by atoms with E-state index in [1.54, 1.807) is 11.0 Å². The van der Waals surface area contributed by atoms with Gasteiger partial charge in [-0.3, -0.25) is 9.59 Å². The molecule has 1 atom stereocenters. The van der Waals surface area contributed by atoms with Gasteiger partial charge in [-0.2, -0.15) is 0 Å². The predicted octanol–water partition coefficient (Wildman–Crippen LogP) is 1.83. The summed E-state index contributed by atoms with van der Waals surface area (Å²) in [7, 11) is 0. The highest BCUT2D eigenvalue weighted by atomic mass is 16.3. The molecule has 1 fully saturated rings. The van der Waals surface area contributed by atoms with E-state index >= 15 is 0 Å². The molecule has 1 saturated heterocycles. The van der Waals surface area contributed by atoms with Crippen molar-refractivity contribution in [1.29, 1.82) is 0 Å².